The zero-order chi connectivity index (χ0) is 43.5. The molecular weight excluding hydrogens is 859 g/mol. The lowest BCUT2D eigenvalue weighted by atomic mass is 9.87. The van der Waals surface area contributed by atoms with Crippen LogP contribution >= 0.6 is 35.2 Å². The number of aliphatic hydroxyl groups excluding tert-OH is 3. The molecule has 1 fully saturated rings. The third-order valence-electron chi connectivity index (χ3n) is 7.76. The zero-order valence-corrected chi connectivity index (χ0v) is 34.7. The van der Waals surface area contributed by atoms with Crippen LogP contribution in [0.3, 0.4) is 0 Å². The number of carbonyl (C=O) groups is 3. The van der Waals surface area contributed by atoms with E-state index in [4.69, 9.17) is 19.5 Å². The number of fused-ring (bicyclic) bond motifs is 1. The van der Waals surface area contributed by atoms with Gasteiger partial charge in [0.05, 0.1) is 19.5 Å². The van der Waals surface area contributed by atoms with Crippen LogP contribution in [0.5, 0.6) is 0 Å². The molecule has 7 atom stereocenters. The number of aromatic nitrogens is 4. The van der Waals surface area contributed by atoms with E-state index in [1.807, 2.05) is 13.0 Å². The number of hydrogen-bond donors (Lipinski definition) is 10. The molecule has 1 aliphatic rings. The Hall–Kier alpha value is -3.16. The van der Waals surface area contributed by atoms with Crippen molar-refractivity contribution in [3.05, 3.63) is 36.6 Å². The highest BCUT2D eigenvalue weighted by atomic mass is 32.2. The SMILES string of the molecule is CC/C=C/C/C(O)=C/C(=O)SCCNC(=O)CCNC(=O)C(O)C(C)(C)COP(=O)(O)OP(=O)(O)OCC1OC(n2cnc3c(N)ncnc32)C(O)C1OP(=O)(O)O. The maximum Gasteiger partial charge on any atom is 0.481 e. The summed E-state index contributed by atoms with van der Waals surface area (Å²) in [5.41, 5.74) is 4.23. The molecule has 58 heavy (non-hydrogen) atoms. The average Bonchev–Trinajstić information content (AvgIpc) is 3.68. The van der Waals surface area contributed by atoms with Gasteiger partial charge in [-0.2, -0.15) is 4.31 Å². The van der Waals surface area contributed by atoms with Crippen molar-refractivity contribution in [1.29, 1.82) is 0 Å². The number of carbonyl (C=O) groups excluding carboxylic acids is 3. The smallest absolute Gasteiger partial charge is 0.481 e. The first-order valence-corrected chi connectivity index (χ1v) is 22.6. The summed E-state index contributed by atoms with van der Waals surface area (Å²) in [5, 5.41) is 35.6. The Morgan fingerprint density at radius 3 is 2.43 bits per heavy atom. The second-order valence-electron chi connectivity index (χ2n) is 13.0. The van der Waals surface area contributed by atoms with E-state index in [0.717, 1.165) is 41.5 Å². The number of imidazole rings is 1. The molecular formula is C29H46N7O18P3S. The fourth-order valence-corrected chi connectivity index (χ4v) is 8.34. The lowest BCUT2D eigenvalue weighted by molar-refractivity contribution is -0.137. The molecule has 0 bridgehead atoms. The monoisotopic (exact) mass is 905 g/mol. The third kappa shape index (κ3) is 15.5. The number of thioether (sulfide) groups is 1. The number of rotatable bonds is 23. The van der Waals surface area contributed by atoms with Gasteiger partial charge in [0.1, 0.15) is 42.0 Å². The van der Waals surface area contributed by atoms with Gasteiger partial charge >= 0.3 is 23.5 Å². The standard InChI is InChI=1S/C29H46N7O18P3S/c1-4-5-6-7-17(37)12-20(39)58-11-10-31-19(38)8-9-32-27(42)24(41)29(2,3)14-51-57(48,49)54-56(46,47)50-13-18-23(53-55(43,44)45)22(40)28(52-18)36-16-35-21-25(30)33-15-34-26(21)36/h5-6,12,15-16,18,22-24,28,37,40-41H,4,7-11,13-14H2,1-3H3,(H,31,38)(H,32,42)(H,46,47)(H,48,49)(H2,30,33,34)(H2,43,44,45)/b6-5+,17-12-. The number of nitrogens with zero attached hydrogens (tertiary/aromatic N) is 4. The molecule has 2 aromatic rings. The fourth-order valence-electron chi connectivity index (χ4n) is 4.89. The van der Waals surface area contributed by atoms with E-state index in [2.05, 4.69) is 34.4 Å². The van der Waals surface area contributed by atoms with Crippen molar-refractivity contribution in [3.8, 4) is 0 Å². The summed E-state index contributed by atoms with van der Waals surface area (Å²) >= 11 is 0.877. The Bertz CT molecular complexity index is 1960. The number of phosphoric ester groups is 3. The molecule has 0 spiro atoms. The minimum Gasteiger partial charge on any atom is -0.512 e. The molecule has 2 amide bonds. The molecule has 326 valence electrons. The van der Waals surface area contributed by atoms with Crippen LogP contribution in [0.1, 0.15) is 46.3 Å². The van der Waals surface area contributed by atoms with Gasteiger partial charge in [-0.1, -0.05) is 44.7 Å². The lowest BCUT2D eigenvalue weighted by Crippen LogP contribution is -2.46. The predicted octanol–water partition coefficient (Wildman–Crippen LogP) is 0.463. The van der Waals surface area contributed by atoms with Crippen molar-refractivity contribution in [2.24, 2.45) is 5.41 Å². The van der Waals surface area contributed by atoms with Gasteiger partial charge in [0.15, 0.2) is 17.7 Å². The van der Waals surface area contributed by atoms with E-state index < -0.39 is 89.7 Å². The number of hydrogen-bond acceptors (Lipinski definition) is 19. The van der Waals surface area contributed by atoms with Crippen molar-refractivity contribution < 1.29 is 85.6 Å². The van der Waals surface area contributed by atoms with Gasteiger partial charge in [0.25, 0.3) is 0 Å². The van der Waals surface area contributed by atoms with Crippen molar-refractivity contribution in [3.63, 3.8) is 0 Å². The molecule has 2 aromatic heterocycles. The molecule has 3 rings (SSSR count). The van der Waals surface area contributed by atoms with Gasteiger partial charge < -0.3 is 56.0 Å². The summed E-state index contributed by atoms with van der Waals surface area (Å²) < 4.78 is 62.1. The van der Waals surface area contributed by atoms with Crippen molar-refractivity contribution in [2.75, 3.05) is 37.8 Å². The maximum atomic E-state index is 12.7. The van der Waals surface area contributed by atoms with Gasteiger partial charge in [-0.15, -0.1) is 0 Å². The molecule has 11 N–H and O–H groups in total. The first-order valence-electron chi connectivity index (χ1n) is 17.1. The Labute approximate surface area is 334 Å². The molecule has 0 aliphatic carbocycles. The number of phosphoric acid groups is 3. The quantitative estimate of drug-likeness (QED) is 0.0238. The number of amides is 2. The number of aliphatic hydroxyl groups is 3. The number of anilines is 1. The maximum absolute atomic E-state index is 12.7. The molecule has 1 saturated heterocycles. The lowest BCUT2D eigenvalue weighted by Gasteiger charge is -2.30. The largest absolute Gasteiger partial charge is 0.512 e. The minimum absolute atomic E-state index is 0.0243. The second kappa shape index (κ2) is 21.4. The van der Waals surface area contributed by atoms with Gasteiger partial charge in [0, 0.05) is 43.2 Å². The molecule has 0 aromatic carbocycles. The number of nitrogens with one attached hydrogen (secondary N) is 2. The van der Waals surface area contributed by atoms with E-state index in [0.29, 0.717) is 0 Å². The number of nitrogen functional groups attached to an aromatic ring is 1. The Kier molecular flexibility index (Phi) is 18.1. The summed E-state index contributed by atoms with van der Waals surface area (Å²) in [6.45, 7) is 2.23. The van der Waals surface area contributed by atoms with Crippen LogP contribution in [-0.2, 0) is 50.7 Å². The van der Waals surface area contributed by atoms with E-state index in [-0.39, 0.29) is 54.4 Å². The molecule has 1 aliphatic heterocycles. The summed E-state index contributed by atoms with van der Waals surface area (Å²) in [4.78, 5) is 87.5. The highest BCUT2D eigenvalue weighted by molar-refractivity contribution is 8.14. The highest BCUT2D eigenvalue weighted by Gasteiger charge is 2.50. The number of nitrogens with two attached hydrogens (primary N) is 1. The Morgan fingerprint density at radius 1 is 1.07 bits per heavy atom. The van der Waals surface area contributed by atoms with Gasteiger partial charge in [-0.3, -0.25) is 32.5 Å². The normalized spacial score (nSPS) is 21.8. The molecule has 25 nitrogen and oxygen atoms in total. The minimum atomic E-state index is -5.58. The summed E-state index contributed by atoms with van der Waals surface area (Å²) in [6.07, 6.45) is -1.35. The van der Waals surface area contributed by atoms with Gasteiger partial charge in [-0.05, 0) is 6.42 Å². The molecule has 0 saturated carbocycles. The van der Waals surface area contributed by atoms with Crippen LogP contribution in [-0.4, -0.2) is 128 Å². The summed E-state index contributed by atoms with van der Waals surface area (Å²) in [7, 11) is -16.4. The van der Waals surface area contributed by atoms with Crippen LogP contribution in [0.4, 0.5) is 5.82 Å². The van der Waals surface area contributed by atoms with Crippen molar-refractivity contribution in [1.82, 2.24) is 30.2 Å². The highest BCUT2D eigenvalue weighted by Crippen LogP contribution is 2.61. The first-order chi connectivity index (χ1) is 26.9. The van der Waals surface area contributed by atoms with E-state index >= 15 is 0 Å². The topological polar surface area (TPSA) is 384 Å². The van der Waals surface area contributed by atoms with Crippen LogP contribution < -0.4 is 16.4 Å². The second-order valence-corrected chi connectivity index (χ2v) is 18.3. The summed E-state index contributed by atoms with van der Waals surface area (Å²) in [6, 6.07) is 0. The molecule has 3 heterocycles. The average molecular weight is 906 g/mol. The number of allylic oxidation sites excluding steroid dienone is 2. The van der Waals surface area contributed by atoms with E-state index in [1.165, 1.54) is 13.8 Å². The third-order valence-corrected chi connectivity index (χ3v) is 11.7. The Balaban J connectivity index is 1.47. The molecule has 29 heteroatoms. The van der Waals surface area contributed by atoms with E-state index in [9.17, 15) is 63.0 Å². The molecule has 7 unspecified atom stereocenters. The molecule has 0 radical (unpaired) electrons. The Morgan fingerprint density at radius 2 is 1.76 bits per heavy atom. The van der Waals surface area contributed by atoms with Crippen LogP contribution in [0.15, 0.2) is 36.6 Å². The van der Waals surface area contributed by atoms with Crippen LogP contribution in [0.25, 0.3) is 11.2 Å². The first kappa shape index (κ1) is 49.2. The van der Waals surface area contributed by atoms with Crippen LogP contribution in [0, 0.1) is 5.41 Å². The summed E-state index contributed by atoms with van der Waals surface area (Å²) in [5.74, 6) is -1.43. The zero-order valence-electron chi connectivity index (χ0n) is 31.2. The fraction of sp³-hybridized carbons (Fsp3) is 0.586. The van der Waals surface area contributed by atoms with Gasteiger partial charge in [-0.25, -0.2) is 28.6 Å². The number of ether oxygens (including phenoxy) is 1. The van der Waals surface area contributed by atoms with E-state index in [1.54, 1.807) is 6.08 Å². The van der Waals surface area contributed by atoms with Crippen molar-refractivity contribution >= 4 is 69.1 Å². The van der Waals surface area contributed by atoms with Crippen molar-refractivity contribution in [2.45, 2.75) is 70.7 Å². The van der Waals surface area contributed by atoms with Gasteiger partial charge in [0.2, 0.25) is 16.9 Å². The van der Waals surface area contributed by atoms with Crippen LogP contribution in [0.2, 0.25) is 0 Å². The predicted molar refractivity (Wildman–Crippen MR) is 202 cm³/mol.